The summed E-state index contributed by atoms with van der Waals surface area (Å²) in [6.45, 7) is 5.62. The molecule has 0 aromatic heterocycles. The molecule has 1 amide bonds. The smallest absolute Gasteiger partial charge is 0.221 e. The maximum atomic E-state index is 11.5. The normalized spacial score (nSPS) is 12.2. The Morgan fingerprint density at radius 2 is 2.00 bits per heavy atom. The van der Waals surface area contributed by atoms with Crippen LogP contribution in [0, 0.1) is 3.57 Å². The van der Waals surface area contributed by atoms with Gasteiger partial charge in [0.05, 0.1) is 0 Å². The Morgan fingerprint density at radius 1 is 1.33 bits per heavy atom. The van der Waals surface area contributed by atoms with Gasteiger partial charge in [-0.2, -0.15) is 0 Å². The molecule has 0 bridgehead atoms. The van der Waals surface area contributed by atoms with Gasteiger partial charge in [-0.3, -0.25) is 4.79 Å². The van der Waals surface area contributed by atoms with E-state index in [1.807, 2.05) is 6.92 Å². The van der Waals surface area contributed by atoms with E-state index in [0.717, 1.165) is 13.0 Å². The lowest BCUT2D eigenvalue weighted by Gasteiger charge is -2.11. The van der Waals surface area contributed by atoms with Crippen molar-refractivity contribution in [1.29, 1.82) is 0 Å². The maximum absolute atomic E-state index is 11.5. The molecule has 1 rings (SSSR count). The molecule has 0 saturated carbocycles. The van der Waals surface area contributed by atoms with Gasteiger partial charge in [0.15, 0.2) is 0 Å². The second-order valence-electron chi connectivity index (χ2n) is 4.43. The summed E-state index contributed by atoms with van der Waals surface area (Å²) in [5.74, 6) is 0.125. The molecule has 0 heterocycles. The fourth-order valence-corrected chi connectivity index (χ4v) is 1.85. The van der Waals surface area contributed by atoms with Crippen LogP contribution in [0.15, 0.2) is 24.3 Å². The summed E-state index contributed by atoms with van der Waals surface area (Å²) in [5, 5.41) is 6.24. The van der Waals surface area contributed by atoms with Crippen molar-refractivity contribution in [2.24, 2.45) is 0 Å². The Morgan fingerprint density at radius 3 is 2.61 bits per heavy atom. The van der Waals surface area contributed by atoms with Crippen molar-refractivity contribution in [2.45, 2.75) is 39.3 Å². The third kappa shape index (κ3) is 6.35. The SMILES string of the molecule is CCC(C)NC(=O)CCNCc1ccc(I)cc1. The van der Waals surface area contributed by atoms with E-state index < -0.39 is 0 Å². The molecular weight excluding hydrogens is 339 g/mol. The number of hydrogen-bond acceptors (Lipinski definition) is 2. The number of benzene rings is 1. The number of nitrogens with one attached hydrogen (secondary N) is 2. The number of carbonyl (C=O) groups excluding carboxylic acids is 1. The molecule has 0 saturated heterocycles. The van der Waals surface area contributed by atoms with Gasteiger partial charge >= 0.3 is 0 Å². The lowest BCUT2D eigenvalue weighted by atomic mass is 10.2. The van der Waals surface area contributed by atoms with Crippen molar-refractivity contribution in [3.05, 3.63) is 33.4 Å². The van der Waals surface area contributed by atoms with E-state index in [4.69, 9.17) is 0 Å². The molecule has 1 aromatic carbocycles. The first-order chi connectivity index (χ1) is 8.61. The predicted octanol–water partition coefficient (Wildman–Crippen LogP) is 2.69. The molecule has 0 aliphatic rings. The van der Waals surface area contributed by atoms with Gasteiger partial charge in [-0.1, -0.05) is 19.1 Å². The standard InChI is InChI=1S/C14H21IN2O/c1-3-11(2)17-14(18)8-9-16-10-12-4-6-13(15)7-5-12/h4-7,11,16H,3,8-10H2,1-2H3,(H,17,18). The summed E-state index contributed by atoms with van der Waals surface area (Å²) in [6.07, 6.45) is 1.51. The topological polar surface area (TPSA) is 41.1 Å². The predicted molar refractivity (Wildman–Crippen MR) is 83.4 cm³/mol. The summed E-state index contributed by atoms with van der Waals surface area (Å²) >= 11 is 2.29. The summed E-state index contributed by atoms with van der Waals surface area (Å²) in [5.41, 5.74) is 1.25. The second-order valence-corrected chi connectivity index (χ2v) is 5.68. The molecule has 0 radical (unpaired) electrons. The first kappa shape index (κ1) is 15.4. The van der Waals surface area contributed by atoms with Gasteiger partial charge in [0.1, 0.15) is 0 Å². The van der Waals surface area contributed by atoms with Crippen LogP contribution in [0.2, 0.25) is 0 Å². The van der Waals surface area contributed by atoms with E-state index in [-0.39, 0.29) is 11.9 Å². The van der Waals surface area contributed by atoms with Crippen LogP contribution in [0.3, 0.4) is 0 Å². The Labute approximate surface area is 123 Å². The van der Waals surface area contributed by atoms with Crippen molar-refractivity contribution in [3.63, 3.8) is 0 Å². The molecule has 1 unspecified atom stereocenters. The van der Waals surface area contributed by atoms with Crippen LogP contribution in [0.4, 0.5) is 0 Å². The maximum Gasteiger partial charge on any atom is 0.221 e. The zero-order valence-electron chi connectivity index (χ0n) is 11.0. The Balaban J connectivity index is 2.15. The van der Waals surface area contributed by atoms with Gasteiger partial charge in [0, 0.05) is 29.1 Å². The van der Waals surface area contributed by atoms with Gasteiger partial charge in [-0.25, -0.2) is 0 Å². The first-order valence-electron chi connectivity index (χ1n) is 6.36. The quantitative estimate of drug-likeness (QED) is 0.580. The van der Waals surface area contributed by atoms with E-state index in [9.17, 15) is 4.79 Å². The van der Waals surface area contributed by atoms with Gasteiger partial charge in [-0.15, -0.1) is 0 Å². The molecule has 2 N–H and O–H groups in total. The largest absolute Gasteiger partial charge is 0.354 e. The highest BCUT2D eigenvalue weighted by atomic mass is 127. The summed E-state index contributed by atoms with van der Waals surface area (Å²) in [6, 6.07) is 8.66. The van der Waals surface area contributed by atoms with Gasteiger partial charge < -0.3 is 10.6 Å². The molecule has 3 nitrogen and oxygen atoms in total. The number of carbonyl (C=O) groups is 1. The molecule has 0 aliphatic heterocycles. The summed E-state index contributed by atoms with van der Waals surface area (Å²) in [4.78, 5) is 11.5. The number of amides is 1. The van der Waals surface area contributed by atoms with Crippen molar-refractivity contribution >= 4 is 28.5 Å². The van der Waals surface area contributed by atoms with Crippen molar-refractivity contribution in [2.75, 3.05) is 6.54 Å². The van der Waals surface area contributed by atoms with E-state index in [2.05, 4.69) is 64.4 Å². The highest BCUT2D eigenvalue weighted by molar-refractivity contribution is 14.1. The fourth-order valence-electron chi connectivity index (χ4n) is 1.49. The van der Waals surface area contributed by atoms with Crippen LogP contribution in [-0.2, 0) is 11.3 Å². The lowest BCUT2D eigenvalue weighted by Crippen LogP contribution is -2.33. The molecule has 1 aromatic rings. The van der Waals surface area contributed by atoms with E-state index in [1.54, 1.807) is 0 Å². The van der Waals surface area contributed by atoms with E-state index >= 15 is 0 Å². The monoisotopic (exact) mass is 360 g/mol. The fraction of sp³-hybridized carbons (Fsp3) is 0.500. The molecule has 1 atom stereocenters. The highest BCUT2D eigenvalue weighted by Gasteiger charge is 2.04. The third-order valence-corrected chi connectivity index (χ3v) is 3.51. The Bertz CT molecular complexity index is 365. The molecule has 4 heteroatoms. The minimum absolute atomic E-state index is 0.125. The number of halogens is 1. The molecule has 0 fully saturated rings. The zero-order chi connectivity index (χ0) is 13.4. The summed E-state index contributed by atoms with van der Waals surface area (Å²) in [7, 11) is 0. The average molecular weight is 360 g/mol. The van der Waals surface area contributed by atoms with Crippen molar-refractivity contribution < 1.29 is 4.79 Å². The van der Waals surface area contributed by atoms with Gasteiger partial charge in [0.2, 0.25) is 5.91 Å². The molecular formula is C14H21IN2O. The second kappa shape index (κ2) is 8.48. The number of hydrogen-bond donors (Lipinski definition) is 2. The van der Waals surface area contributed by atoms with Crippen LogP contribution in [0.5, 0.6) is 0 Å². The third-order valence-electron chi connectivity index (χ3n) is 2.79. The van der Waals surface area contributed by atoms with Crippen molar-refractivity contribution in [1.82, 2.24) is 10.6 Å². The first-order valence-corrected chi connectivity index (χ1v) is 7.44. The zero-order valence-corrected chi connectivity index (χ0v) is 13.2. The molecule has 0 aliphatic carbocycles. The average Bonchev–Trinajstić information content (AvgIpc) is 2.36. The van der Waals surface area contributed by atoms with E-state index in [1.165, 1.54) is 9.13 Å². The van der Waals surface area contributed by atoms with Crippen LogP contribution in [0.1, 0.15) is 32.3 Å². The van der Waals surface area contributed by atoms with Crippen molar-refractivity contribution in [3.8, 4) is 0 Å². The summed E-state index contributed by atoms with van der Waals surface area (Å²) < 4.78 is 1.24. The minimum atomic E-state index is 0.125. The van der Waals surface area contributed by atoms with Gasteiger partial charge in [-0.05, 0) is 53.6 Å². The minimum Gasteiger partial charge on any atom is -0.354 e. The molecule has 0 spiro atoms. The van der Waals surface area contributed by atoms with Crippen LogP contribution in [-0.4, -0.2) is 18.5 Å². The van der Waals surface area contributed by atoms with Crippen LogP contribution >= 0.6 is 22.6 Å². The lowest BCUT2D eigenvalue weighted by molar-refractivity contribution is -0.121. The van der Waals surface area contributed by atoms with E-state index in [0.29, 0.717) is 13.0 Å². The van der Waals surface area contributed by atoms with Gasteiger partial charge in [0.25, 0.3) is 0 Å². The molecule has 100 valence electrons. The molecule has 18 heavy (non-hydrogen) atoms. The Hall–Kier alpha value is -0.620. The highest BCUT2D eigenvalue weighted by Crippen LogP contribution is 2.06. The van der Waals surface area contributed by atoms with Crippen LogP contribution in [0.25, 0.3) is 0 Å². The van der Waals surface area contributed by atoms with Crippen LogP contribution < -0.4 is 10.6 Å². The Kier molecular flexibility index (Phi) is 7.27. The number of rotatable bonds is 7.